The van der Waals surface area contributed by atoms with Crippen LogP contribution in [0.1, 0.15) is 17.3 Å². The van der Waals surface area contributed by atoms with Gasteiger partial charge < -0.3 is 4.74 Å². The molecule has 16 heavy (non-hydrogen) atoms. The molecule has 4 nitrogen and oxygen atoms in total. The van der Waals surface area contributed by atoms with Gasteiger partial charge in [-0.15, -0.1) is 0 Å². The van der Waals surface area contributed by atoms with Crippen molar-refractivity contribution in [2.75, 3.05) is 0 Å². The van der Waals surface area contributed by atoms with Crippen LogP contribution in [0.2, 0.25) is 0 Å². The highest BCUT2D eigenvalue weighted by Crippen LogP contribution is 2.09. The van der Waals surface area contributed by atoms with Crippen molar-refractivity contribution >= 4 is 17.3 Å². The third-order valence-corrected chi connectivity index (χ3v) is 2.75. The summed E-state index contributed by atoms with van der Waals surface area (Å²) >= 11 is 1.48. The van der Waals surface area contributed by atoms with Gasteiger partial charge in [0.25, 0.3) is 0 Å². The van der Waals surface area contributed by atoms with Crippen LogP contribution >= 0.6 is 11.3 Å². The zero-order chi connectivity index (χ0) is 11.4. The first kappa shape index (κ1) is 10.9. The third kappa shape index (κ3) is 2.70. The predicted molar refractivity (Wildman–Crippen MR) is 61.4 cm³/mol. The van der Waals surface area contributed by atoms with Crippen molar-refractivity contribution in [1.29, 1.82) is 0 Å². The molecule has 0 N–H and O–H groups in total. The summed E-state index contributed by atoms with van der Waals surface area (Å²) in [5.41, 5.74) is 0.609. The molecule has 0 radical (unpaired) electrons. The standard InChI is InChI=1S/C11H12N2O2S/c1-9(7-13-5-2-4-12-13)15-11(14)10-3-6-16-8-10/h2-6,8-9H,7H2,1H3. The van der Waals surface area contributed by atoms with Crippen molar-refractivity contribution in [3.63, 3.8) is 0 Å². The van der Waals surface area contributed by atoms with Crippen LogP contribution in [0.25, 0.3) is 0 Å². The first-order valence-corrected chi connectivity index (χ1v) is 5.90. The lowest BCUT2D eigenvalue weighted by Crippen LogP contribution is -2.20. The number of nitrogens with zero attached hydrogens (tertiary/aromatic N) is 2. The topological polar surface area (TPSA) is 44.1 Å². The minimum Gasteiger partial charge on any atom is -0.457 e. The Hall–Kier alpha value is -1.62. The molecule has 0 saturated carbocycles. The molecule has 2 aromatic heterocycles. The summed E-state index contributed by atoms with van der Waals surface area (Å²) < 4.78 is 7.02. The van der Waals surface area contributed by atoms with Gasteiger partial charge in [-0.1, -0.05) is 0 Å². The van der Waals surface area contributed by atoms with E-state index < -0.39 is 0 Å². The molecule has 2 aromatic rings. The van der Waals surface area contributed by atoms with Crippen LogP contribution in [-0.4, -0.2) is 21.9 Å². The Morgan fingerprint density at radius 1 is 1.69 bits per heavy atom. The first-order valence-electron chi connectivity index (χ1n) is 4.96. The zero-order valence-electron chi connectivity index (χ0n) is 8.87. The van der Waals surface area contributed by atoms with Crippen molar-refractivity contribution in [2.45, 2.75) is 19.6 Å². The minimum absolute atomic E-state index is 0.188. The molecule has 2 rings (SSSR count). The molecule has 2 heterocycles. The molecule has 0 spiro atoms. The fraction of sp³-hybridized carbons (Fsp3) is 0.273. The SMILES string of the molecule is CC(Cn1cccn1)OC(=O)c1ccsc1. The summed E-state index contributed by atoms with van der Waals surface area (Å²) in [6.45, 7) is 2.43. The van der Waals surface area contributed by atoms with Gasteiger partial charge in [0, 0.05) is 17.8 Å². The molecule has 0 bridgehead atoms. The minimum atomic E-state index is -0.277. The van der Waals surface area contributed by atoms with Crippen molar-refractivity contribution in [2.24, 2.45) is 0 Å². The highest BCUT2D eigenvalue weighted by Gasteiger charge is 2.12. The fourth-order valence-corrected chi connectivity index (χ4v) is 1.97. The Morgan fingerprint density at radius 2 is 2.56 bits per heavy atom. The summed E-state index contributed by atoms with van der Waals surface area (Å²) in [6, 6.07) is 3.60. The van der Waals surface area contributed by atoms with Gasteiger partial charge >= 0.3 is 5.97 Å². The Bertz CT molecular complexity index is 437. The van der Waals surface area contributed by atoms with E-state index in [1.165, 1.54) is 11.3 Å². The molecule has 0 aromatic carbocycles. The Kier molecular flexibility index (Phi) is 3.36. The second-order valence-electron chi connectivity index (χ2n) is 3.46. The van der Waals surface area contributed by atoms with Gasteiger partial charge in [0.05, 0.1) is 12.1 Å². The number of thiophene rings is 1. The summed E-state index contributed by atoms with van der Waals surface area (Å²) in [4.78, 5) is 11.6. The van der Waals surface area contributed by atoms with Gasteiger partial charge in [-0.25, -0.2) is 4.79 Å². The van der Waals surface area contributed by atoms with Gasteiger partial charge in [0.15, 0.2) is 0 Å². The number of hydrogen-bond acceptors (Lipinski definition) is 4. The van der Waals surface area contributed by atoms with E-state index in [9.17, 15) is 4.79 Å². The molecule has 84 valence electrons. The Balaban J connectivity index is 1.88. The maximum absolute atomic E-state index is 11.6. The molecule has 1 atom stereocenters. The molecule has 0 aliphatic carbocycles. The van der Waals surface area contributed by atoms with E-state index in [0.717, 1.165) is 0 Å². The Labute approximate surface area is 97.5 Å². The molecule has 1 unspecified atom stereocenters. The van der Waals surface area contributed by atoms with Crippen LogP contribution in [0.3, 0.4) is 0 Å². The summed E-state index contributed by atoms with van der Waals surface area (Å²) in [6.07, 6.45) is 3.36. The second-order valence-corrected chi connectivity index (χ2v) is 4.24. The lowest BCUT2D eigenvalue weighted by atomic mass is 10.3. The number of carbonyl (C=O) groups is 1. The third-order valence-electron chi connectivity index (χ3n) is 2.07. The van der Waals surface area contributed by atoms with E-state index in [2.05, 4.69) is 5.10 Å². The smallest absolute Gasteiger partial charge is 0.339 e. The van der Waals surface area contributed by atoms with Crippen molar-refractivity contribution in [3.8, 4) is 0 Å². The number of esters is 1. The molecule has 5 heteroatoms. The van der Waals surface area contributed by atoms with Gasteiger partial charge in [0.2, 0.25) is 0 Å². The Morgan fingerprint density at radius 3 is 3.19 bits per heavy atom. The molecule has 0 saturated heterocycles. The van der Waals surface area contributed by atoms with Gasteiger partial charge in [0.1, 0.15) is 6.10 Å². The lowest BCUT2D eigenvalue weighted by Gasteiger charge is -2.12. The molecule has 0 aliphatic rings. The number of ether oxygens (including phenoxy) is 1. The predicted octanol–water partition coefficient (Wildman–Crippen LogP) is 2.19. The normalized spacial score (nSPS) is 12.3. The lowest BCUT2D eigenvalue weighted by molar-refractivity contribution is 0.0299. The van der Waals surface area contributed by atoms with Crippen molar-refractivity contribution in [3.05, 3.63) is 40.8 Å². The number of rotatable bonds is 4. The fourth-order valence-electron chi connectivity index (χ4n) is 1.34. The molecule has 0 fully saturated rings. The van der Waals surface area contributed by atoms with E-state index in [-0.39, 0.29) is 12.1 Å². The highest BCUT2D eigenvalue weighted by atomic mass is 32.1. The van der Waals surface area contributed by atoms with E-state index in [0.29, 0.717) is 12.1 Å². The van der Waals surface area contributed by atoms with E-state index in [4.69, 9.17) is 4.74 Å². The maximum Gasteiger partial charge on any atom is 0.339 e. The average Bonchev–Trinajstić information content (AvgIpc) is 2.88. The first-order chi connectivity index (χ1) is 7.75. The average molecular weight is 236 g/mol. The van der Waals surface area contributed by atoms with Gasteiger partial charge in [-0.2, -0.15) is 16.4 Å². The van der Waals surface area contributed by atoms with Crippen molar-refractivity contribution < 1.29 is 9.53 Å². The van der Waals surface area contributed by atoms with Crippen LogP contribution in [0, 0.1) is 0 Å². The molecule has 0 amide bonds. The zero-order valence-corrected chi connectivity index (χ0v) is 9.68. The quantitative estimate of drug-likeness (QED) is 0.764. The van der Waals surface area contributed by atoms with Crippen LogP contribution < -0.4 is 0 Å². The van der Waals surface area contributed by atoms with Gasteiger partial charge in [-0.3, -0.25) is 4.68 Å². The number of carbonyl (C=O) groups excluding carboxylic acids is 1. The largest absolute Gasteiger partial charge is 0.457 e. The number of hydrogen-bond donors (Lipinski definition) is 0. The van der Waals surface area contributed by atoms with E-state index in [1.54, 1.807) is 22.3 Å². The van der Waals surface area contributed by atoms with Crippen LogP contribution in [0.4, 0.5) is 0 Å². The summed E-state index contributed by atoms with van der Waals surface area (Å²) in [5.74, 6) is -0.277. The summed E-state index contributed by atoms with van der Waals surface area (Å²) in [7, 11) is 0. The van der Waals surface area contributed by atoms with E-state index in [1.807, 2.05) is 24.6 Å². The van der Waals surface area contributed by atoms with Crippen LogP contribution in [0.15, 0.2) is 35.3 Å². The van der Waals surface area contributed by atoms with Crippen LogP contribution in [-0.2, 0) is 11.3 Å². The van der Waals surface area contributed by atoms with Crippen molar-refractivity contribution in [1.82, 2.24) is 9.78 Å². The molecule has 0 aliphatic heterocycles. The molecular weight excluding hydrogens is 224 g/mol. The number of aromatic nitrogens is 2. The molecular formula is C11H12N2O2S. The van der Waals surface area contributed by atoms with Crippen LogP contribution in [0.5, 0.6) is 0 Å². The maximum atomic E-state index is 11.6. The highest BCUT2D eigenvalue weighted by molar-refractivity contribution is 7.08. The van der Waals surface area contributed by atoms with E-state index >= 15 is 0 Å². The monoisotopic (exact) mass is 236 g/mol. The summed E-state index contributed by atoms with van der Waals surface area (Å²) in [5, 5.41) is 7.69. The van der Waals surface area contributed by atoms with Gasteiger partial charge in [-0.05, 0) is 24.4 Å². The second kappa shape index (κ2) is 4.94.